The molecule has 0 aromatic heterocycles. The first kappa shape index (κ1) is 18.8. The number of halogens is 1. The molecule has 1 saturated heterocycles. The van der Waals surface area contributed by atoms with Crippen LogP contribution in [0.25, 0.3) is 0 Å². The van der Waals surface area contributed by atoms with E-state index in [4.69, 9.17) is 4.74 Å². The maximum absolute atomic E-state index is 12.0. The summed E-state index contributed by atoms with van der Waals surface area (Å²) in [4.78, 5) is 12.0. The Balaban J connectivity index is 0.00000242. The first-order valence-electron chi connectivity index (χ1n) is 7.79. The average Bonchev–Trinajstić information content (AvgIpc) is 2.46. The number of ether oxygens (including phenoxy) is 1. The monoisotopic (exact) mass is 326 g/mol. The quantitative estimate of drug-likeness (QED) is 0.874. The van der Waals surface area contributed by atoms with Crippen LogP contribution in [0, 0.1) is 6.92 Å². The van der Waals surface area contributed by atoms with Gasteiger partial charge in [-0.15, -0.1) is 12.4 Å². The Hall–Kier alpha value is -1.26. The van der Waals surface area contributed by atoms with E-state index in [9.17, 15) is 4.79 Å². The normalized spacial score (nSPS) is 17.7. The summed E-state index contributed by atoms with van der Waals surface area (Å²) in [6.07, 6.45) is 2.15. The van der Waals surface area contributed by atoms with Crippen molar-refractivity contribution >= 4 is 18.3 Å². The highest BCUT2D eigenvalue weighted by atomic mass is 35.5. The fraction of sp³-hybridized carbons (Fsp3) is 0.588. The Bertz CT molecular complexity index is 486. The van der Waals surface area contributed by atoms with Gasteiger partial charge in [0.1, 0.15) is 5.75 Å². The van der Waals surface area contributed by atoms with E-state index < -0.39 is 0 Å². The third kappa shape index (κ3) is 5.50. The zero-order chi connectivity index (χ0) is 15.2. The van der Waals surface area contributed by atoms with Crippen LogP contribution < -0.4 is 15.4 Å². The van der Waals surface area contributed by atoms with Crippen LogP contribution in [-0.4, -0.2) is 31.6 Å². The first-order valence-corrected chi connectivity index (χ1v) is 7.79. The highest BCUT2D eigenvalue weighted by molar-refractivity contribution is 5.85. The average molecular weight is 327 g/mol. The molecule has 0 spiro atoms. The van der Waals surface area contributed by atoms with Crippen LogP contribution in [-0.2, 0) is 4.79 Å². The lowest BCUT2D eigenvalue weighted by Crippen LogP contribution is -2.47. The van der Waals surface area contributed by atoms with E-state index in [0.29, 0.717) is 5.92 Å². The van der Waals surface area contributed by atoms with E-state index in [2.05, 4.69) is 36.6 Å². The molecule has 124 valence electrons. The molecule has 22 heavy (non-hydrogen) atoms. The largest absolute Gasteiger partial charge is 0.483 e. The third-order valence-corrected chi connectivity index (χ3v) is 3.81. The van der Waals surface area contributed by atoms with Gasteiger partial charge in [0.05, 0.1) is 0 Å². The number of carbonyl (C=O) groups excluding carboxylic acids is 1. The van der Waals surface area contributed by atoms with Crippen molar-refractivity contribution in [3.63, 3.8) is 0 Å². The van der Waals surface area contributed by atoms with Crippen LogP contribution in [0.4, 0.5) is 0 Å². The smallest absolute Gasteiger partial charge is 0.258 e. The van der Waals surface area contributed by atoms with Crippen LogP contribution in [0.15, 0.2) is 18.2 Å². The van der Waals surface area contributed by atoms with E-state index in [1.807, 2.05) is 13.0 Å². The zero-order valence-corrected chi connectivity index (χ0v) is 14.5. The van der Waals surface area contributed by atoms with Gasteiger partial charge in [0.2, 0.25) is 0 Å². The summed E-state index contributed by atoms with van der Waals surface area (Å²) >= 11 is 0. The Labute approximate surface area is 139 Å². The molecular formula is C17H27ClN2O2. The van der Waals surface area contributed by atoms with Crippen LogP contribution in [0.1, 0.15) is 43.7 Å². The van der Waals surface area contributed by atoms with E-state index >= 15 is 0 Å². The van der Waals surface area contributed by atoms with Crippen molar-refractivity contribution in [2.24, 2.45) is 0 Å². The molecule has 0 unspecified atom stereocenters. The molecule has 0 saturated carbocycles. The summed E-state index contributed by atoms with van der Waals surface area (Å²) in [5.41, 5.74) is 2.29. The molecule has 1 amide bonds. The molecule has 0 radical (unpaired) electrons. The fourth-order valence-corrected chi connectivity index (χ4v) is 2.63. The standard InChI is InChI=1S/C17H26N2O2.ClH/c1-12(2)15-7-6-13(3)9-16(15)21-11-17(20)19-14-5-4-8-18-10-14;/h6-7,9,12,14,18H,4-5,8,10-11H2,1-3H3,(H,19,20);1H/t14-;/m0./s1. The molecule has 1 heterocycles. The molecule has 0 bridgehead atoms. The van der Waals surface area contributed by atoms with Gasteiger partial charge in [-0.05, 0) is 49.4 Å². The maximum atomic E-state index is 12.0. The number of hydrogen-bond donors (Lipinski definition) is 2. The minimum atomic E-state index is -0.0417. The number of carbonyl (C=O) groups is 1. The maximum Gasteiger partial charge on any atom is 0.258 e. The predicted molar refractivity (Wildman–Crippen MR) is 92.0 cm³/mol. The highest BCUT2D eigenvalue weighted by Crippen LogP contribution is 2.27. The van der Waals surface area contributed by atoms with Gasteiger partial charge in [0.25, 0.3) is 5.91 Å². The fourth-order valence-electron chi connectivity index (χ4n) is 2.63. The second-order valence-electron chi connectivity index (χ2n) is 6.10. The molecule has 0 aliphatic carbocycles. The number of nitrogens with one attached hydrogen (secondary N) is 2. The van der Waals surface area contributed by atoms with Gasteiger partial charge >= 0.3 is 0 Å². The van der Waals surface area contributed by atoms with E-state index in [0.717, 1.165) is 42.8 Å². The molecule has 1 aliphatic heterocycles. The van der Waals surface area contributed by atoms with Crippen LogP contribution in [0.5, 0.6) is 5.75 Å². The summed E-state index contributed by atoms with van der Waals surface area (Å²) in [6.45, 7) is 8.28. The number of rotatable bonds is 5. The molecule has 4 nitrogen and oxygen atoms in total. The number of benzene rings is 1. The van der Waals surface area contributed by atoms with Crippen molar-refractivity contribution in [1.82, 2.24) is 10.6 Å². The molecule has 2 rings (SSSR count). The second-order valence-corrected chi connectivity index (χ2v) is 6.10. The third-order valence-electron chi connectivity index (χ3n) is 3.81. The van der Waals surface area contributed by atoms with Gasteiger partial charge < -0.3 is 15.4 Å². The summed E-state index contributed by atoms with van der Waals surface area (Å²) in [7, 11) is 0. The van der Waals surface area contributed by atoms with Gasteiger partial charge in [-0.1, -0.05) is 26.0 Å². The van der Waals surface area contributed by atoms with Crippen molar-refractivity contribution in [3.8, 4) is 5.75 Å². The Morgan fingerprint density at radius 3 is 2.86 bits per heavy atom. The zero-order valence-electron chi connectivity index (χ0n) is 13.6. The van der Waals surface area contributed by atoms with Crippen molar-refractivity contribution < 1.29 is 9.53 Å². The van der Waals surface area contributed by atoms with Gasteiger partial charge in [-0.25, -0.2) is 0 Å². The number of piperidine rings is 1. The van der Waals surface area contributed by atoms with E-state index in [1.165, 1.54) is 0 Å². The van der Waals surface area contributed by atoms with Gasteiger partial charge in [0, 0.05) is 12.6 Å². The lowest BCUT2D eigenvalue weighted by Gasteiger charge is -2.24. The van der Waals surface area contributed by atoms with Crippen LogP contribution in [0.2, 0.25) is 0 Å². The molecule has 1 aliphatic rings. The lowest BCUT2D eigenvalue weighted by atomic mass is 10.0. The predicted octanol–water partition coefficient (Wildman–Crippen LogP) is 2.79. The highest BCUT2D eigenvalue weighted by Gasteiger charge is 2.16. The molecule has 5 heteroatoms. The van der Waals surface area contributed by atoms with Crippen molar-refractivity contribution in [2.45, 2.75) is 45.6 Å². The Morgan fingerprint density at radius 2 is 2.23 bits per heavy atom. The SMILES string of the molecule is Cc1ccc(C(C)C)c(OCC(=O)N[C@H]2CCCNC2)c1.Cl. The number of hydrogen-bond acceptors (Lipinski definition) is 3. The molecule has 1 fully saturated rings. The number of amides is 1. The van der Waals surface area contributed by atoms with E-state index in [1.54, 1.807) is 0 Å². The van der Waals surface area contributed by atoms with E-state index in [-0.39, 0.29) is 31.0 Å². The minimum Gasteiger partial charge on any atom is -0.483 e. The first-order chi connectivity index (χ1) is 10.1. The topological polar surface area (TPSA) is 50.4 Å². The number of aryl methyl sites for hydroxylation is 1. The Morgan fingerprint density at radius 1 is 1.45 bits per heavy atom. The summed E-state index contributed by atoms with van der Waals surface area (Å²) in [5.74, 6) is 1.16. The van der Waals surface area contributed by atoms with Gasteiger partial charge in [-0.3, -0.25) is 4.79 Å². The Kier molecular flexibility index (Phi) is 7.69. The molecule has 1 aromatic rings. The molecule has 1 aromatic carbocycles. The summed E-state index contributed by atoms with van der Waals surface area (Å²) < 4.78 is 5.75. The van der Waals surface area contributed by atoms with Crippen LogP contribution in [0.3, 0.4) is 0 Å². The van der Waals surface area contributed by atoms with Crippen molar-refractivity contribution in [1.29, 1.82) is 0 Å². The second kappa shape index (κ2) is 9.01. The van der Waals surface area contributed by atoms with Gasteiger partial charge in [-0.2, -0.15) is 0 Å². The molecule has 1 atom stereocenters. The molecule has 2 N–H and O–H groups in total. The van der Waals surface area contributed by atoms with Crippen molar-refractivity contribution in [2.75, 3.05) is 19.7 Å². The summed E-state index contributed by atoms with van der Waals surface area (Å²) in [6, 6.07) is 6.40. The minimum absolute atomic E-state index is 0. The van der Waals surface area contributed by atoms with Gasteiger partial charge in [0.15, 0.2) is 6.61 Å². The lowest BCUT2D eigenvalue weighted by molar-refractivity contribution is -0.123. The van der Waals surface area contributed by atoms with Crippen LogP contribution >= 0.6 is 12.4 Å². The summed E-state index contributed by atoms with van der Waals surface area (Å²) in [5, 5.41) is 6.32. The molecular weight excluding hydrogens is 300 g/mol. The van der Waals surface area contributed by atoms with Crippen molar-refractivity contribution in [3.05, 3.63) is 29.3 Å².